The first-order valence-electron chi connectivity index (χ1n) is 3.51. The third-order valence-electron chi connectivity index (χ3n) is 1.46. The van der Waals surface area contributed by atoms with Crippen molar-refractivity contribution in [3.05, 3.63) is 21.9 Å². The Morgan fingerprint density at radius 2 is 2.31 bits per heavy atom. The molecule has 5 heteroatoms. The molecule has 0 atom stereocenters. The molecule has 70 valence electrons. The Kier molecular flexibility index (Phi) is 3.02. The highest BCUT2D eigenvalue weighted by Gasteiger charge is 2.15. The monoisotopic (exact) mass is 200 g/mol. The minimum absolute atomic E-state index is 0.145. The lowest BCUT2D eigenvalue weighted by Gasteiger charge is -1.98. The summed E-state index contributed by atoms with van der Waals surface area (Å²) < 4.78 is 4.50. The van der Waals surface area contributed by atoms with E-state index in [9.17, 15) is 9.59 Å². The van der Waals surface area contributed by atoms with Gasteiger partial charge in [0.1, 0.15) is 4.88 Å². The predicted molar refractivity (Wildman–Crippen MR) is 47.0 cm³/mol. The zero-order chi connectivity index (χ0) is 9.84. The fraction of sp³-hybridized carbons (Fsp3) is 0.250. The highest BCUT2D eigenvalue weighted by Crippen LogP contribution is 2.18. The fourth-order valence-electron chi connectivity index (χ4n) is 0.910. The van der Waals surface area contributed by atoms with Crippen LogP contribution in [0, 0.1) is 0 Å². The van der Waals surface area contributed by atoms with Gasteiger partial charge in [-0.2, -0.15) is 0 Å². The maximum absolute atomic E-state index is 11.1. The molecule has 0 spiro atoms. The number of aliphatic carboxylic acids is 1. The van der Waals surface area contributed by atoms with Crippen LogP contribution < -0.4 is 0 Å². The topological polar surface area (TPSA) is 63.6 Å². The first-order valence-corrected chi connectivity index (χ1v) is 4.39. The molecule has 0 aromatic carbocycles. The maximum Gasteiger partial charge on any atom is 0.348 e. The van der Waals surface area contributed by atoms with Crippen molar-refractivity contribution in [1.82, 2.24) is 0 Å². The molecule has 1 aromatic heterocycles. The summed E-state index contributed by atoms with van der Waals surface area (Å²) >= 11 is 1.19. The van der Waals surface area contributed by atoms with E-state index >= 15 is 0 Å². The molecule has 0 aliphatic rings. The van der Waals surface area contributed by atoms with Gasteiger partial charge in [-0.25, -0.2) is 4.79 Å². The molecule has 13 heavy (non-hydrogen) atoms. The number of thiophene rings is 1. The van der Waals surface area contributed by atoms with Crippen molar-refractivity contribution in [2.45, 2.75) is 6.42 Å². The SMILES string of the molecule is COC(=O)c1sccc1CC(=O)O. The van der Waals surface area contributed by atoms with Crippen molar-refractivity contribution in [3.63, 3.8) is 0 Å². The standard InChI is InChI=1S/C8H8O4S/c1-12-8(11)7-5(2-3-13-7)4-6(9)10/h2-3H,4H2,1H3,(H,9,10). The number of ether oxygens (including phenoxy) is 1. The number of rotatable bonds is 3. The Bertz CT molecular complexity index is 329. The van der Waals surface area contributed by atoms with Gasteiger partial charge < -0.3 is 9.84 Å². The maximum atomic E-state index is 11.1. The molecule has 0 bridgehead atoms. The summed E-state index contributed by atoms with van der Waals surface area (Å²) in [6.45, 7) is 0. The van der Waals surface area contributed by atoms with Gasteiger partial charge in [0, 0.05) is 0 Å². The first kappa shape index (κ1) is 9.73. The summed E-state index contributed by atoms with van der Waals surface area (Å²) in [6, 6.07) is 1.62. The predicted octanol–water partition coefficient (Wildman–Crippen LogP) is 1.16. The number of carbonyl (C=O) groups excluding carboxylic acids is 1. The van der Waals surface area contributed by atoms with Gasteiger partial charge in [-0.15, -0.1) is 11.3 Å². The summed E-state index contributed by atoms with van der Waals surface area (Å²) in [4.78, 5) is 21.8. The molecule has 1 N–H and O–H groups in total. The minimum atomic E-state index is -0.955. The molecule has 0 aliphatic carbocycles. The summed E-state index contributed by atoms with van der Waals surface area (Å²) in [5.41, 5.74) is 0.504. The summed E-state index contributed by atoms with van der Waals surface area (Å²) in [7, 11) is 1.27. The van der Waals surface area contributed by atoms with Crippen molar-refractivity contribution in [2.75, 3.05) is 7.11 Å². The van der Waals surface area contributed by atoms with Gasteiger partial charge in [0.15, 0.2) is 0 Å². The average molecular weight is 200 g/mol. The van der Waals surface area contributed by atoms with Gasteiger partial charge in [-0.05, 0) is 17.0 Å². The van der Waals surface area contributed by atoms with Crippen molar-refractivity contribution in [1.29, 1.82) is 0 Å². The molecule has 0 aliphatic heterocycles. The molecule has 4 nitrogen and oxygen atoms in total. The fourth-order valence-corrected chi connectivity index (χ4v) is 1.75. The van der Waals surface area contributed by atoms with Crippen LogP contribution in [0.1, 0.15) is 15.2 Å². The van der Waals surface area contributed by atoms with Crippen LogP contribution in [0.15, 0.2) is 11.4 Å². The van der Waals surface area contributed by atoms with E-state index in [1.54, 1.807) is 11.4 Å². The van der Waals surface area contributed by atoms with Crippen LogP contribution in [0.25, 0.3) is 0 Å². The highest BCUT2D eigenvalue weighted by molar-refractivity contribution is 7.12. The van der Waals surface area contributed by atoms with Crippen molar-refractivity contribution >= 4 is 23.3 Å². The normalized spacial score (nSPS) is 9.62. The van der Waals surface area contributed by atoms with E-state index in [1.165, 1.54) is 18.4 Å². The second kappa shape index (κ2) is 4.04. The van der Waals surface area contributed by atoms with E-state index in [0.717, 1.165) is 0 Å². The van der Waals surface area contributed by atoms with Gasteiger partial charge in [0.05, 0.1) is 13.5 Å². The van der Waals surface area contributed by atoms with Crippen LogP contribution >= 0.6 is 11.3 Å². The Morgan fingerprint density at radius 1 is 1.62 bits per heavy atom. The molecule has 0 fully saturated rings. The molecule has 0 amide bonds. The van der Waals surface area contributed by atoms with Crippen molar-refractivity contribution in [2.24, 2.45) is 0 Å². The van der Waals surface area contributed by atoms with Crippen molar-refractivity contribution < 1.29 is 19.4 Å². The second-order valence-corrected chi connectivity index (χ2v) is 3.25. The lowest BCUT2D eigenvalue weighted by molar-refractivity contribution is -0.136. The van der Waals surface area contributed by atoms with E-state index in [2.05, 4.69) is 4.74 Å². The van der Waals surface area contributed by atoms with Gasteiger partial charge >= 0.3 is 11.9 Å². The highest BCUT2D eigenvalue weighted by atomic mass is 32.1. The smallest absolute Gasteiger partial charge is 0.348 e. The van der Waals surface area contributed by atoms with Gasteiger partial charge in [-0.1, -0.05) is 0 Å². The molecule has 1 heterocycles. The van der Waals surface area contributed by atoms with Gasteiger partial charge in [-0.3, -0.25) is 4.79 Å². The number of methoxy groups -OCH3 is 1. The Morgan fingerprint density at radius 3 is 2.85 bits per heavy atom. The van der Waals surface area contributed by atoms with E-state index in [0.29, 0.717) is 10.4 Å². The largest absolute Gasteiger partial charge is 0.481 e. The zero-order valence-electron chi connectivity index (χ0n) is 6.94. The Balaban J connectivity index is 2.89. The number of carbonyl (C=O) groups is 2. The summed E-state index contributed by atoms with van der Waals surface area (Å²) in [6.07, 6.45) is -0.145. The lowest BCUT2D eigenvalue weighted by atomic mass is 10.2. The molecule has 1 aromatic rings. The van der Waals surface area contributed by atoms with Crippen LogP contribution in [-0.4, -0.2) is 24.2 Å². The van der Waals surface area contributed by atoms with Crippen LogP contribution in [0.3, 0.4) is 0 Å². The molecular weight excluding hydrogens is 192 g/mol. The molecule has 0 unspecified atom stereocenters. The number of carboxylic acid groups (broad SMARTS) is 1. The third kappa shape index (κ3) is 2.29. The average Bonchev–Trinajstić information content (AvgIpc) is 2.50. The number of carboxylic acids is 1. The zero-order valence-corrected chi connectivity index (χ0v) is 7.76. The van der Waals surface area contributed by atoms with E-state index in [-0.39, 0.29) is 6.42 Å². The van der Waals surface area contributed by atoms with Gasteiger partial charge in [0.2, 0.25) is 0 Å². The molecule has 1 rings (SSSR count). The van der Waals surface area contributed by atoms with Crippen molar-refractivity contribution in [3.8, 4) is 0 Å². The van der Waals surface area contributed by atoms with E-state index in [4.69, 9.17) is 5.11 Å². The van der Waals surface area contributed by atoms with Crippen LogP contribution in [0.4, 0.5) is 0 Å². The molecule has 0 saturated heterocycles. The Hall–Kier alpha value is -1.36. The molecule has 0 saturated carbocycles. The number of hydrogen-bond acceptors (Lipinski definition) is 4. The quantitative estimate of drug-likeness (QED) is 0.744. The Labute approximate surface area is 78.8 Å². The first-order chi connectivity index (χ1) is 6.15. The van der Waals surface area contributed by atoms with Gasteiger partial charge in [0.25, 0.3) is 0 Å². The summed E-state index contributed by atoms with van der Waals surface area (Å²) in [5, 5.41) is 10.2. The van der Waals surface area contributed by atoms with Crippen LogP contribution in [0.5, 0.6) is 0 Å². The lowest BCUT2D eigenvalue weighted by Crippen LogP contribution is -2.06. The number of esters is 1. The minimum Gasteiger partial charge on any atom is -0.481 e. The van der Waals surface area contributed by atoms with Crippen LogP contribution in [-0.2, 0) is 16.0 Å². The van der Waals surface area contributed by atoms with Crippen LogP contribution in [0.2, 0.25) is 0 Å². The van der Waals surface area contributed by atoms with E-state index in [1.807, 2.05) is 0 Å². The number of hydrogen-bond donors (Lipinski definition) is 1. The summed E-state index contributed by atoms with van der Waals surface area (Å²) in [5.74, 6) is -1.44. The molecule has 0 radical (unpaired) electrons. The second-order valence-electron chi connectivity index (χ2n) is 2.34. The van der Waals surface area contributed by atoms with E-state index < -0.39 is 11.9 Å². The third-order valence-corrected chi connectivity index (χ3v) is 2.40. The molecular formula is C8H8O4S.